The average Bonchev–Trinajstić information content (AvgIpc) is 2.66. The van der Waals surface area contributed by atoms with E-state index in [4.69, 9.17) is 11.5 Å². The number of hydrogen-bond donors (Lipinski definition) is 16. The number of aromatic amines is 1. The molecule has 85 heavy (non-hydrogen) atoms. The van der Waals surface area contributed by atoms with E-state index in [1.165, 1.54) is 61.2 Å². The second kappa shape index (κ2) is 29.3. The van der Waals surface area contributed by atoms with Gasteiger partial charge in [-0.2, -0.15) is 0 Å². The normalized spacial score (nSPS) is 26.3. The van der Waals surface area contributed by atoms with E-state index in [-0.39, 0.29) is 45.3 Å². The number of aromatic nitrogens is 1. The van der Waals surface area contributed by atoms with Crippen LogP contribution in [0.1, 0.15) is 71.9 Å². The van der Waals surface area contributed by atoms with Gasteiger partial charge >= 0.3 is 0 Å². The number of anilines is 1. The first-order valence-electron chi connectivity index (χ1n) is 27.9. The van der Waals surface area contributed by atoms with Crippen LogP contribution in [0.15, 0.2) is 47.5 Å². The molecular weight excluding hydrogens is 1130 g/mol. The van der Waals surface area contributed by atoms with Gasteiger partial charge in [0.25, 0.3) is 0 Å². The first-order chi connectivity index (χ1) is 40.1. The minimum Gasteiger partial charge on any atom is -0.508 e. The molecule has 0 radical (unpaired) electrons. The highest BCUT2D eigenvalue weighted by Crippen LogP contribution is 2.31. The molecule has 0 spiro atoms. The summed E-state index contributed by atoms with van der Waals surface area (Å²) in [6, 6.07) is -3.88. The summed E-state index contributed by atoms with van der Waals surface area (Å²) >= 11 is 0. The van der Waals surface area contributed by atoms with Crippen molar-refractivity contribution in [3.63, 3.8) is 0 Å². The molecule has 1 aromatic heterocycles. The number of Topliss-reactive ketones (excluding diaryl/α,β-unsaturated/α-hetero) is 1. The number of rotatable bonds is 14. The molecule has 3 aliphatic heterocycles. The van der Waals surface area contributed by atoms with Crippen molar-refractivity contribution in [2.45, 2.75) is 145 Å². The lowest BCUT2D eigenvalue weighted by Gasteiger charge is -2.35. The summed E-state index contributed by atoms with van der Waals surface area (Å²) in [6.07, 6.45) is -4.97. The third-order valence-electron chi connectivity index (χ3n) is 15.5. The summed E-state index contributed by atoms with van der Waals surface area (Å²) < 4.78 is 15.0. The number of phenols is 1. The largest absolute Gasteiger partial charge is 0.508 e. The molecule has 0 saturated carbocycles. The number of amides is 10. The van der Waals surface area contributed by atoms with E-state index in [0.29, 0.717) is 12.0 Å². The van der Waals surface area contributed by atoms with Crippen LogP contribution in [0.3, 0.4) is 0 Å². The number of ketones is 1. The zero-order valence-electron chi connectivity index (χ0n) is 47.9. The Morgan fingerprint density at radius 1 is 0.800 bits per heavy atom. The molecule has 30 heteroatoms. The first-order valence-corrected chi connectivity index (χ1v) is 29.2. The zero-order chi connectivity index (χ0) is 62.7. The number of fused-ring (bicyclic) bond motifs is 5. The Kier molecular flexibility index (Phi) is 22.8. The van der Waals surface area contributed by atoms with Crippen LogP contribution in [0, 0.1) is 17.8 Å². The molecular formula is C55H77N13O16S. The topological polar surface area (TPSA) is 465 Å². The van der Waals surface area contributed by atoms with E-state index < -0.39 is 205 Å². The number of primary amides is 1. The summed E-state index contributed by atoms with van der Waals surface area (Å²) in [5.74, 6) is -13.7. The quantitative estimate of drug-likeness (QED) is 0.0720. The minimum absolute atomic E-state index is 0.0388. The maximum absolute atomic E-state index is 15.4. The van der Waals surface area contributed by atoms with Crippen molar-refractivity contribution in [3.8, 4) is 5.75 Å². The molecule has 3 aliphatic rings. The van der Waals surface area contributed by atoms with Crippen LogP contribution in [0.25, 0.3) is 10.9 Å². The molecule has 4 unspecified atom stereocenters. The van der Waals surface area contributed by atoms with Gasteiger partial charge in [0.2, 0.25) is 59.1 Å². The monoisotopic (exact) mass is 1210 g/mol. The van der Waals surface area contributed by atoms with Crippen LogP contribution in [-0.4, -0.2) is 198 Å². The lowest BCUT2D eigenvalue weighted by Crippen LogP contribution is -2.62. The molecule has 10 amide bonds. The average molecular weight is 1210 g/mol. The highest BCUT2D eigenvalue weighted by atomic mass is 32.2. The molecule has 4 heterocycles. The highest BCUT2D eigenvalue weighted by molar-refractivity contribution is 7.85. The van der Waals surface area contributed by atoms with E-state index in [0.717, 1.165) is 0 Å². The van der Waals surface area contributed by atoms with Crippen molar-refractivity contribution < 1.29 is 77.4 Å². The Labute approximate surface area is 491 Å². The first kappa shape index (κ1) is 66.2. The number of nitrogens with two attached hydrogens (primary N) is 2. The van der Waals surface area contributed by atoms with E-state index in [9.17, 15) is 68.4 Å². The molecule has 18 N–H and O–H groups in total. The fourth-order valence-corrected chi connectivity index (χ4v) is 11.5. The van der Waals surface area contributed by atoms with E-state index in [2.05, 4.69) is 52.8 Å². The molecule has 0 aliphatic carbocycles. The van der Waals surface area contributed by atoms with Gasteiger partial charge in [-0.25, -0.2) is 0 Å². The Hall–Kier alpha value is -7.90. The predicted molar refractivity (Wildman–Crippen MR) is 305 cm³/mol. The predicted octanol–water partition coefficient (Wildman–Crippen LogP) is -4.84. The molecule has 6 rings (SSSR count). The Morgan fingerprint density at radius 3 is 2.09 bits per heavy atom. The van der Waals surface area contributed by atoms with Crippen molar-refractivity contribution >= 4 is 92.2 Å². The number of benzene rings is 2. The van der Waals surface area contributed by atoms with Crippen LogP contribution in [0.5, 0.6) is 5.75 Å². The maximum Gasteiger partial charge on any atom is 0.246 e. The van der Waals surface area contributed by atoms with Crippen molar-refractivity contribution in [2.24, 2.45) is 29.2 Å². The molecule has 2 bridgehead atoms. The van der Waals surface area contributed by atoms with Crippen molar-refractivity contribution in [2.75, 3.05) is 37.3 Å². The number of carbonyl (C=O) groups is 11. The minimum atomic E-state index is -2.47. The second-order valence-corrected chi connectivity index (χ2v) is 23.6. The van der Waals surface area contributed by atoms with Crippen molar-refractivity contribution in [1.82, 2.24) is 52.4 Å². The van der Waals surface area contributed by atoms with Crippen LogP contribution >= 0.6 is 0 Å². The molecule has 1 fully saturated rings. The zero-order valence-corrected chi connectivity index (χ0v) is 48.7. The summed E-state index contributed by atoms with van der Waals surface area (Å²) in [5, 5.41) is 65.9. The lowest BCUT2D eigenvalue weighted by molar-refractivity contribution is -0.138. The van der Waals surface area contributed by atoms with Crippen molar-refractivity contribution in [3.05, 3.63) is 53.6 Å². The lowest BCUT2D eigenvalue weighted by atomic mass is 9.92. The van der Waals surface area contributed by atoms with Gasteiger partial charge in [-0.05, 0) is 67.0 Å². The molecule has 1 saturated heterocycles. The fourth-order valence-electron chi connectivity index (χ4n) is 10.1. The number of hydrogen-bond acceptors (Lipinski definition) is 18. The summed E-state index contributed by atoms with van der Waals surface area (Å²) in [6.45, 7) is 6.64. The van der Waals surface area contributed by atoms with Gasteiger partial charge in [0, 0.05) is 36.0 Å². The van der Waals surface area contributed by atoms with Gasteiger partial charge < -0.3 is 84.7 Å². The number of aliphatic hydroxyl groups is 3. The highest BCUT2D eigenvalue weighted by Gasteiger charge is 2.47. The van der Waals surface area contributed by atoms with Crippen LogP contribution in [0.4, 0.5) is 5.69 Å². The van der Waals surface area contributed by atoms with Gasteiger partial charge in [-0.3, -0.25) is 61.8 Å². The smallest absolute Gasteiger partial charge is 0.246 e. The number of aliphatic hydroxyl groups excluding tert-OH is 3. The van der Waals surface area contributed by atoms with Gasteiger partial charge in [0.05, 0.1) is 84.6 Å². The standard InChI is InChI=1S/C55H77N13O16S/c1-7-25(4)45-53(82)59-19-42(74)62-37-23-85(84)55-33(32-13-12-30(70)15-34(32)65-55)17-36(49(78)58-20-43(75)66-45)64-54(83)46(26(5)40(72)22-69)67-51(80)39-16-31(71)21-68(39)38(47(76)35(18-41(56)73)63-50(37)79)14-28-8-10-29(11-9-28)61-48(77)27(6)60-52(81)44(57)24(2)3/h8-13,15,24-27,31,35-40,44-46,65,69-72H,7,14,16-23,57H2,1-6H3,(H2,56,73)(H,58,78)(H,59,82)(H,60,81)(H,61,77)(H,62,74)(H,63,79)(H,64,83)(H,66,75)(H,67,80)/t25-,26-,27-,31+,35-,36?,37?,38?,39-,40-,44-,45-,46-,85?/m0/s1. The molecule has 464 valence electrons. The molecule has 29 nitrogen and oxygen atoms in total. The van der Waals surface area contributed by atoms with Gasteiger partial charge in [0.15, 0.2) is 5.78 Å². The van der Waals surface area contributed by atoms with Gasteiger partial charge in [-0.15, -0.1) is 0 Å². The number of H-pyrrole nitrogens is 1. The van der Waals surface area contributed by atoms with Crippen LogP contribution in [0.2, 0.25) is 0 Å². The van der Waals surface area contributed by atoms with Gasteiger partial charge in [0.1, 0.15) is 41.0 Å². The number of nitrogens with one attached hydrogen (secondary N) is 10. The Bertz CT molecular complexity index is 3050. The van der Waals surface area contributed by atoms with E-state index in [1.807, 2.05) is 0 Å². The van der Waals surface area contributed by atoms with E-state index >= 15 is 9.00 Å². The number of carbonyl (C=O) groups excluding carboxylic acids is 11. The number of aromatic hydroxyl groups is 1. The Balaban J connectivity index is 1.52. The third kappa shape index (κ3) is 16.9. The number of phenolic OH excluding ortho intramolecular Hbond substituents is 1. The molecule has 14 atom stereocenters. The summed E-state index contributed by atoms with van der Waals surface area (Å²) in [4.78, 5) is 159. The summed E-state index contributed by atoms with van der Waals surface area (Å²) in [5.41, 5.74) is 12.4. The third-order valence-corrected chi connectivity index (χ3v) is 16.9. The second-order valence-electron chi connectivity index (χ2n) is 22.2. The van der Waals surface area contributed by atoms with Crippen LogP contribution in [-0.2, 0) is 76.4 Å². The number of nitrogens with zero attached hydrogens (tertiary/aromatic N) is 1. The fraction of sp³-hybridized carbons (Fsp3) is 0.545. The molecule has 3 aromatic rings. The van der Waals surface area contributed by atoms with Crippen molar-refractivity contribution in [1.29, 1.82) is 0 Å². The Morgan fingerprint density at radius 2 is 1.46 bits per heavy atom. The van der Waals surface area contributed by atoms with Gasteiger partial charge in [-0.1, -0.05) is 53.2 Å². The summed E-state index contributed by atoms with van der Waals surface area (Å²) in [7, 11) is -2.47. The van der Waals surface area contributed by atoms with Crippen LogP contribution < -0.4 is 59.3 Å². The molecule has 2 aromatic carbocycles. The van der Waals surface area contributed by atoms with E-state index in [1.54, 1.807) is 27.7 Å². The maximum atomic E-state index is 15.4. The SMILES string of the molecule is CC[C@H](C)[C@@H]1NC(=O)CNC(=O)C2Cc3c([nH]c4cc(O)ccc34)S(=O)CC(NC(=O)CNC1=O)C(=O)N[C@@H](CC(N)=O)C(=O)C(Cc1ccc(NC(=O)[C@H](C)NC(=O)[C@@H](N)C(C)C)cc1)N1C[C@H](O)C[C@H]1C(=O)N[C@@H]([C@@H](C)[C@@H](O)CO)C(=O)N2.